The van der Waals surface area contributed by atoms with E-state index in [-0.39, 0.29) is 5.56 Å². The van der Waals surface area contributed by atoms with Crippen molar-refractivity contribution in [1.82, 2.24) is 15.5 Å². The topological polar surface area (TPSA) is 57.8 Å². The van der Waals surface area contributed by atoms with E-state index in [1.54, 1.807) is 0 Å². The minimum atomic E-state index is -0.127. The van der Waals surface area contributed by atoms with E-state index in [2.05, 4.69) is 67.5 Å². The molecule has 2 rings (SSSR count). The molecule has 0 fully saturated rings. The molecular formula is C18H25N3O. The molecule has 4 nitrogen and oxygen atoms in total. The summed E-state index contributed by atoms with van der Waals surface area (Å²) in [6, 6.07) is 10.6. The lowest BCUT2D eigenvalue weighted by Gasteiger charge is -2.11. The molecule has 0 aliphatic carbocycles. The predicted octanol–water partition coefficient (Wildman–Crippen LogP) is 3.45. The molecule has 1 unspecified atom stereocenters. The first kappa shape index (κ1) is 16.4. The number of aromatic nitrogens is 2. The third-order valence-electron chi connectivity index (χ3n) is 4.01. The maximum absolute atomic E-state index is 11.9. The standard InChI is InChI=1S/C18H25N3O/c1-5-13(4)19-11-16-10-17(20-21-18(16)22)15-8-6-14(7-9-15)12(2)3/h6-10,12-13,19H,5,11H2,1-4H3,(H,21,22). The molecule has 0 saturated carbocycles. The summed E-state index contributed by atoms with van der Waals surface area (Å²) in [5.41, 5.74) is 3.71. The van der Waals surface area contributed by atoms with Gasteiger partial charge in [-0.05, 0) is 30.9 Å². The lowest BCUT2D eigenvalue weighted by atomic mass is 10.0. The van der Waals surface area contributed by atoms with Gasteiger partial charge in [0.15, 0.2) is 0 Å². The van der Waals surface area contributed by atoms with Crippen LogP contribution in [0.1, 0.15) is 51.2 Å². The van der Waals surface area contributed by atoms with E-state index >= 15 is 0 Å². The zero-order chi connectivity index (χ0) is 16.1. The fourth-order valence-electron chi connectivity index (χ4n) is 2.19. The van der Waals surface area contributed by atoms with Crippen molar-refractivity contribution >= 4 is 0 Å². The number of benzene rings is 1. The highest BCUT2D eigenvalue weighted by atomic mass is 16.1. The Balaban J connectivity index is 2.23. The van der Waals surface area contributed by atoms with E-state index in [0.717, 1.165) is 23.2 Å². The number of rotatable bonds is 6. The summed E-state index contributed by atoms with van der Waals surface area (Å²) in [4.78, 5) is 11.9. The summed E-state index contributed by atoms with van der Waals surface area (Å²) < 4.78 is 0. The van der Waals surface area contributed by atoms with Gasteiger partial charge in [-0.25, -0.2) is 5.10 Å². The van der Waals surface area contributed by atoms with Crippen LogP contribution in [0.3, 0.4) is 0 Å². The predicted molar refractivity (Wildman–Crippen MR) is 91.0 cm³/mol. The van der Waals surface area contributed by atoms with Gasteiger partial charge in [0.1, 0.15) is 0 Å². The second-order valence-electron chi connectivity index (χ2n) is 6.07. The zero-order valence-corrected chi connectivity index (χ0v) is 13.8. The van der Waals surface area contributed by atoms with Crippen LogP contribution in [-0.4, -0.2) is 16.2 Å². The van der Waals surface area contributed by atoms with Gasteiger partial charge in [-0.15, -0.1) is 0 Å². The molecule has 118 valence electrons. The van der Waals surface area contributed by atoms with E-state index in [4.69, 9.17) is 0 Å². The van der Waals surface area contributed by atoms with Crippen LogP contribution in [0.2, 0.25) is 0 Å². The summed E-state index contributed by atoms with van der Waals surface area (Å²) in [6.07, 6.45) is 1.03. The largest absolute Gasteiger partial charge is 0.310 e. The summed E-state index contributed by atoms with van der Waals surface area (Å²) in [5, 5.41) is 10.1. The molecule has 22 heavy (non-hydrogen) atoms. The highest BCUT2D eigenvalue weighted by molar-refractivity contribution is 5.59. The average Bonchev–Trinajstić information content (AvgIpc) is 2.53. The van der Waals surface area contributed by atoms with Crippen molar-refractivity contribution in [2.24, 2.45) is 0 Å². The van der Waals surface area contributed by atoms with Gasteiger partial charge in [0.25, 0.3) is 5.56 Å². The van der Waals surface area contributed by atoms with Crippen molar-refractivity contribution in [2.75, 3.05) is 0 Å². The molecule has 0 radical (unpaired) electrons. The molecule has 1 atom stereocenters. The van der Waals surface area contributed by atoms with Gasteiger partial charge in [0, 0.05) is 23.7 Å². The van der Waals surface area contributed by atoms with Crippen LogP contribution in [-0.2, 0) is 6.54 Å². The van der Waals surface area contributed by atoms with Gasteiger partial charge >= 0.3 is 0 Å². The maximum atomic E-state index is 11.9. The smallest absolute Gasteiger partial charge is 0.268 e. The Hall–Kier alpha value is -1.94. The second-order valence-corrected chi connectivity index (χ2v) is 6.07. The quantitative estimate of drug-likeness (QED) is 0.859. The van der Waals surface area contributed by atoms with Gasteiger partial charge in [0.2, 0.25) is 0 Å². The molecular weight excluding hydrogens is 274 g/mol. The van der Waals surface area contributed by atoms with Crippen molar-refractivity contribution in [2.45, 2.75) is 52.6 Å². The van der Waals surface area contributed by atoms with Crippen LogP contribution >= 0.6 is 0 Å². The number of aromatic amines is 1. The highest BCUT2D eigenvalue weighted by Crippen LogP contribution is 2.20. The molecule has 1 heterocycles. The van der Waals surface area contributed by atoms with Crippen molar-refractivity contribution in [1.29, 1.82) is 0 Å². The zero-order valence-electron chi connectivity index (χ0n) is 13.8. The maximum Gasteiger partial charge on any atom is 0.268 e. The minimum absolute atomic E-state index is 0.127. The Bertz CT molecular complexity index is 659. The highest BCUT2D eigenvalue weighted by Gasteiger charge is 2.07. The Morgan fingerprint density at radius 1 is 1.18 bits per heavy atom. The molecule has 0 aliphatic rings. The molecule has 0 saturated heterocycles. The Kier molecular flexibility index (Phi) is 5.50. The van der Waals surface area contributed by atoms with Crippen LogP contribution < -0.4 is 10.9 Å². The van der Waals surface area contributed by atoms with Crippen LogP contribution in [0.4, 0.5) is 0 Å². The summed E-state index contributed by atoms with van der Waals surface area (Å²) in [5.74, 6) is 0.507. The van der Waals surface area contributed by atoms with E-state index in [1.807, 2.05) is 6.07 Å². The third-order valence-corrected chi connectivity index (χ3v) is 4.01. The number of nitrogens with zero attached hydrogens (tertiary/aromatic N) is 1. The van der Waals surface area contributed by atoms with Crippen molar-refractivity contribution in [3.8, 4) is 11.3 Å². The van der Waals surface area contributed by atoms with Crippen LogP contribution in [0.5, 0.6) is 0 Å². The first-order valence-electron chi connectivity index (χ1n) is 7.93. The minimum Gasteiger partial charge on any atom is -0.310 e. The van der Waals surface area contributed by atoms with Gasteiger partial charge in [-0.1, -0.05) is 45.0 Å². The molecule has 0 amide bonds. The lowest BCUT2D eigenvalue weighted by Crippen LogP contribution is -2.28. The Morgan fingerprint density at radius 3 is 2.45 bits per heavy atom. The summed E-state index contributed by atoms with van der Waals surface area (Å²) in [6.45, 7) is 9.14. The van der Waals surface area contributed by atoms with Crippen molar-refractivity contribution < 1.29 is 0 Å². The second kappa shape index (κ2) is 7.36. The molecule has 2 N–H and O–H groups in total. The SMILES string of the molecule is CCC(C)NCc1cc(-c2ccc(C(C)C)cc2)n[nH]c1=O. The lowest BCUT2D eigenvalue weighted by molar-refractivity contribution is 0.531. The fourth-order valence-corrected chi connectivity index (χ4v) is 2.19. The number of nitrogens with one attached hydrogen (secondary N) is 2. The number of hydrogen-bond donors (Lipinski definition) is 2. The molecule has 1 aromatic carbocycles. The summed E-state index contributed by atoms with van der Waals surface area (Å²) >= 11 is 0. The average molecular weight is 299 g/mol. The normalized spacial score (nSPS) is 12.6. The van der Waals surface area contributed by atoms with E-state index < -0.39 is 0 Å². The van der Waals surface area contributed by atoms with Crippen LogP contribution in [0, 0.1) is 0 Å². The monoisotopic (exact) mass is 299 g/mol. The molecule has 1 aromatic heterocycles. The van der Waals surface area contributed by atoms with Crippen molar-refractivity contribution in [3.63, 3.8) is 0 Å². The van der Waals surface area contributed by atoms with Gasteiger partial charge < -0.3 is 5.32 Å². The fraction of sp³-hybridized carbons (Fsp3) is 0.444. The van der Waals surface area contributed by atoms with Gasteiger partial charge in [-0.3, -0.25) is 4.79 Å². The van der Waals surface area contributed by atoms with Crippen LogP contribution in [0.15, 0.2) is 35.1 Å². The first-order valence-corrected chi connectivity index (χ1v) is 7.93. The molecule has 0 aliphatic heterocycles. The molecule has 2 aromatic rings. The van der Waals surface area contributed by atoms with Crippen LogP contribution in [0.25, 0.3) is 11.3 Å². The first-order chi connectivity index (χ1) is 10.5. The van der Waals surface area contributed by atoms with Gasteiger partial charge in [0.05, 0.1) is 5.69 Å². The molecule has 0 spiro atoms. The number of hydrogen-bond acceptors (Lipinski definition) is 3. The molecule has 0 bridgehead atoms. The third kappa shape index (κ3) is 4.04. The van der Waals surface area contributed by atoms with E-state index in [1.165, 1.54) is 5.56 Å². The van der Waals surface area contributed by atoms with Gasteiger partial charge in [-0.2, -0.15) is 5.10 Å². The Labute approximate surface area is 132 Å². The molecule has 4 heteroatoms. The summed E-state index contributed by atoms with van der Waals surface area (Å²) in [7, 11) is 0. The van der Waals surface area contributed by atoms with Crippen molar-refractivity contribution in [3.05, 3.63) is 51.8 Å². The number of H-pyrrole nitrogens is 1. The van der Waals surface area contributed by atoms with E-state index in [0.29, 0.717) is 18.5 Å². The Morgan fingerprint density at radius 2 is 1.86 bits per heavy atom. The van der Waals surface area contributed by atoms with E-state index in [9.17, 15) is 4.79 Å².